The Morgan fingerprint density at radius 3 is 2.57 bits per heavy atom. The first-order valence-corrected chi connectivity index (χ1v) is 11.8. The molecule has 2 atom stereocenters. The summed E-state index contributed by atoms with van der Waals surface area (Å²) in [6.45, 7) is 3.09. The van der Waals surface area contributed by atoms with Crippen molar-refractivity contribution in [3.05, 3.63) is 89.2 Å². The van der Waals surface area contributed by atoms with Crippen molar-refractivity contribution in [3.63, 3.8) is 0 Å². The molecule has 0 aliphatic carbocycles. The van der Waals surface area contributed by atoms with E-state index < -0.39 is 11.7 Å². The normalized spacial score (nSPS) is 16.1. The maximum absolute atomic E-state index is 14.8. The Bertz CT molecular complexity index is 1180. The summed E-state index contributed by atoms with van der Waals surface area (Å²) in [5.74, 6) is -0.350. The minimum absolute atomic E-state index is 0.0145. The van der Waals surface area contributed by atoms with Gasteiger partial charge in [0.25, 0.3) is 0 Å². The van der Waals surface area contributed by atoms with Crippen LogP contribution in [0.5, 0.6) is 11.5 Å². The number of nitrogens with two attached hydrogens (primary N) is 1. The fourth-order valence-electron chi connectivity index (χ4n) is 4.35. The SMILES string of the molecule is CCCN1C(=O)OCC1Cc1ccc(Oc2ccc(CC(C=O)c3ccccc3N)cc2F)cc1. The molecular formula is C28H29FN2O4. The molecule has 2 unspecified atom stereocenters. The number of carbonyl (C=O) groups excluding carboxylic acids is 2. The lowest BCUT2D eigenvalue weighted by Crippen LogP contribution is -2.35. The number of para-hydroxylation sites is 1. The molecule has 6 nitrogen and oxygen atoms in total. The molecule has 1 saturated heterocycles. The van der Waals surface area contributed by atoms with Crippen LogP contribution in [0.3, 0.4) is 0 Å². The number of anilines is 1. The van der Waals surface area contributed by atoms with Gasteiger partial charge in [-0.05, 0) is 66.3 Å². The Hall–Kier alpha value is -3.87. The van der Waals surface area contributed by atoms with E-state index in [0.717, 1.165) is 23.8 Å². The van der Waals surface area contributed by atoms with Gasteiger partial charge in [-0.1, -0.05) is 43.3 Å². The van der Waals surface area contributed by atoms with Gasteiger partial charge in [-0.25, -0.2) is 9.18 Å². The van der Waals surface area contributed by atoms with Crippen molar-refractivity contribution < 1.29 is 23.5 Å². The van der Waals surface area contributed by atoms with Crippen LogP contribution in [0.15, 0.2) is 66.7 Å². The van der Waals surface area contributed by atoms with E-state index in [1.807, 2.05) is 37.3 Å². The van der Waals surface area contributed by atoms with Crippen molar-refractivity contribution in [1.29, 1.82) is 0 Å². The van der Waals surface area contributed by atoms with Crippen molar-refractivity contribution in [3.8, 4) is 11.5 Å². The second-order valence-corrected chi connectivity index (χ2v) is 8.71. The maximum Gasteiger partial charge on any atom is 0.410 e. The molecule has 1 heterocycles. The van der Waals surface area contributed by atoms with Gasteiger partial charge < -0.3 is 24.9 Å². The lowest BCUT2D eigenvalue weighted by molar-refractivity contribution is -0.109. The number of halogens is 1. The van der Waals surface area contributed by atoms with Gasteiger partial charge in [0.1, 0.15) is 18.6 Å². The van der Waals surface area contributed by atoms with E-state index in [2.05, 4.69) is 0 Å². The zero-order valence-electron chi connectivity index (χ0n) is 19.7. The van der Waals surface area contributed by atoms with Crippen LogP contribution in [0, 0.1) is 5.82 Å². The largest absolute Gasteiger partial charge is 0.454 e. The van der Waals surface area contributed by atoms with Crippen LogP contribution in [-0.4, -0.2) is 36.5 Å². The molecule has 0 saturated carbocycles. The Labute approximate surface area is 204 Å². The molecule has 7 heteroatoms. The Kier molecular flexibility index (Phi) is 7.65. The van der Waals surface area contributed by atoms with Gasteiger partial charge in [0.05, 0.1) is 6.04 Å². The third-order valence-corrected chi connectivity index (χ3v) is 6.17. The molecule has 35 heavy (non-hydrogen) atoms. The van der Waals surface area contributed by atoms with E-state index in [0.29, 0.717) is 43.0 Å². The molecule has 1 amide bonds. The number of rotatable bonds is 10. The predicted molar refractivity (Wildman–Crippen MR) is 132 cm³/mol. The van der Waals surface area contributed by atoms with Crippen LogP contribution in [-0.2, 0) is 22.4 Å². The Morgan fingerprint density at radius 1 is 1.14 bits per heavy atom. The number of ether oxygens (including phenoxy) is 2. The first kappa shape index (κ1) is 24.3. The molecule has 0 aromatic heterocycles. The number of hydrogen-bond acceptors (Lipinski definition) is 5. The van der Waals surface area contributed by atoms with E-state index in [1.165, 1.54) is 6.07 Å². The Morgan fingerprint density at radius 2 is 1.89 bits per heavy atom. The highest BCUT2D eigenvalue weighted by Gasteiger charge is 2.32. The van der Waals surface area contributed by atoms with E-state index in [4.69, 9.17) is 15.2 Å². The number of benzene rings is 3. The molecule has 2 N–H and O–H groups in total. The lowest BCUT2D eigenvalue weighted by atomic mass is 9.92. The lowest BCUT2D eigenvalue weighted by Gasteiger charge is -2.20. The van der Waals surface area contributed by atoms with Gasteiger partial charge in [0.15, 0.2) is 11.6 Å². The maximum atomic E-state index is 14.8. The van der Waals surface area contributed by atoms with Gasteiger partial charge in [0, 0.05) is 18.2 Å². The van der Waals surface area contributed by atoms with Crippen LogP contribution in [0.1, 0.15) is 36.0 Å². The van der Waals surface area contributed by atoms with Crippen molar-refractivity contribution in [2.75, 3.05) is 18.9 Å². The monoisotopic (exact) mass is 476 g/mol. The molecule has 3 aromatic carbocycles. The van der Waals surface area contributed by atoms with E-state index in [1.54, 1.807) is 35.2 Å². The smallest absolute Gasteiger partial charge is 0.410 e. The average molecular weight is 477 g/mol. The van der Waals surface area contributed by atoms with Crippen LogP contribution >= 0.6 is 0 Å². The van der Waals surface area contributed by atoms with Crippen molar-refractivity contribution in [1.82, 2.24) is 4.90 Å². The topological polar surface area (TPSA) is 81.9 Å². The predicted octanol–water partition coefficient (Wildman–Crippen LogP) is 5.50. The second-order valence-electron chi connectivity index (χ2n) is 8.71. The number of nitrogen functional groups attached to an aromatic ring is 1. The number of hydrogen-bond donors (Lipinski definition) is 1. The van der Waals surface area contributed by atoms with Crippen LogP contribution in [0.2, 0.25) is 0 Å². The van der Waals surface area contributed by atoms with Crippen molar-refractivity contribution in [2.45, 2.75) is 38.1 Å². The first-order chi connectivity index (χ1) is 17.0. The number of nitrogens with zero attached hydrogens (tertiary/aromatic N) is 1. The second kappa shape index (κ2) is 11.0. The number of aldehydes is 1. The molecule has 0 bridgehead atoms. The zero-order valence-corrected chi connectivity index (χ0v) is 19.7. The molecule has 4 rings (SSSR count). The molecule has 182 valence electrons. The first-order valence-electron chi connectivity index (χ1n) is 11.8. The summed E-state index contributed by atoms with van der Waals surface area (Å²) in [6, 6.07) is 19.3. The summed E-state index contributed by atoms with van der Waals surface area (Å²) >= 11 is 0. The minimum Gasteiger partial charge on any atom is -0.454 e. The highest BCUT2D eigenvalue weighted by molar-refractivity contribution is 5.70. The van der Waals surface area contributed by atoms with Gasteiger partial charge in [0.2, 0.25) is 0 Å². The highest BCUT2D eigenvalue weighted by atomic mass is 19.1. The Balaban J connectivity index is 1.39. The van der Waals surface area contributed by atoms with Crippen molar-refractivity contribution in [2.24, 2.45) is 0 Å². The summed E-state index contributed by atoms with van der Waals surface area (Å²) in [4.78, 5) is 25.3. The number of cyclic esters (lactones) is 1. The molecule has 0 spiro atoms. The summed E-state index contributed by atoms with van der Waals surface area (Å²) in [5.41, 5.74) is 8.98. The van der Waals surface area contributed by atoms with Crippen LogP contribution < -0.4 is 10.5 Å². The highest BCUT2D eigenvalue weighted by Crippen LogP contribution is 2.29. The summed E-state index contributed by atoms with van der Waals surface area (Å²) in [7, 11) is 0. The zero-order chi connectivity index (χ0) is 24.8. The molecular weight excluding hydrogens is 447 g/mol. The summed E-state index contributed by atoms with van der Waals surface area (Å²) < 4.78 is 25.7. The summed E-state index contributed by atoms with van der Waals surface area (Å²) in [5, 5.41) is 0. The fraction of sp³-hybridized carbons (Fsp3) is 0.286. The number of amides is 1. The number of carbonyl (C=O) groups is 2. The van der Waals surface area contributed by atoms with Crippen LogP contribution in [0.25, 0.3) is 0 Å². The third-order valence-electron chi connectivity index (χ3n) is 6.17. The van der Waals surface area contributed by atoms with Crippen LogP contribution in [0.4, 0.5) is 14.9 Å². The van der Waals surface area contributed by atoms with Gasteiger partial charge in [-0.2, -0.15) is 0 Å². The van der Waals surface area contributed by atoms with Gasteiger partial charge >= 0.3 is 6.09 Å². The van der Waals surface area contributed by atoms with Crippen molar-refractivity contribution >= 4 is 18.1 Å². The van der Waals surface area contributed by atoms with E-state index in [-0.39, 0.29) is 17.9 Å². The molecule has 1 aliphatic rings. The summed E-state index contributed by atoms with van der Waals surface area (Å²) in [6.07, 6.45) is 2.47. The fourth-order valence-corrected chi connectivity index (χ4v) is 4.35. The van der Waals surface area contributed by atoms with Gasteiger partial charge in [-0.3, -0.25) is 0 Å². The minimum atomic E-state index is -0.505. The average Bonchev–Trinajstić information content (AvgIpc) is 3.20. The molecule has 3 aromatic rings. The molecule has 0 radical (unpaired) electrons. The van der Waals surface area contributed by atoms with E-state index in [9.17, 15) is 14.0 Å². The van der Waals surface area contributed by atoms with E-state index >= 15 is 0 Å². The quantitative estimate of drug-likeness (QED) is 0.309. The third kappa shape index (κ3) is 5.80. The van der Waals surface area contributed by atoms with Gasteiger partial charge in [-0.15, -0.1) is 0 Å². The standard InChI is InChI=1S/C28H29FN2O4/c1-2-13-31-22(18-34-28(31)33)15-19-7-10-23(11-8-19)35-27-12-9-20(16-25(27)29)14-21(17-32)24-5-3-4-6-26(24)30/h3-12,16-17,21-22H,2,13-15,18,30H2,1H3. The molecule has 1 aliphatic heterocycles. The molecule has 1 fully saturated rings.